The molecule has 0 unspecified atom stereocenters. The molecule has 0 saturated carbocycles. The van der Waals surface area contributed by atoms with Crippen molar-refractivity contribution >= 4 is 28.8 Å². The molecule has 0 aliphatic carbocycles. The Labute approximate surface area is 142 Å². The van der Waals surface area contributed by atoms with Crippen molar-refractivity contribution in [2.75, 3.05) is 10.7 Å². The second-order valence-corrected chi connectivity index (χ2v) is 4.93. The van der Waals surface area contributed by atoms with Gasteiger partial charge in [0.2, 0.25) is 0 Å². The number of hydrogen-bond donors (Lipinski definition) is 3. The van der Waals surface area contributed by atoms with Gasteiger partial charge in [0, 0.05) is 11.8 Å². The maximum Gasteiger partial charge on any atom is 0.337 e. The van der Waals surface area contributed by atoms with Crippen molar-refractivity contribution in [3.8, 4) is 0 Å². The van der Waals surface area contributed by atoms with Crippen LogP contribution in [0.4, 0.5) is 27.5 Å². The number of urea groups is 1. The van der Waals surface area contributed by atoms with E-state index < -0.39 is 27.3 Å². The number of nitro groups is 2. The smallest absolute Gasteiger partial charge is 0.306 e. The molecule has 2 rings (SSSR count). The van der Waals surface area contributed by atoms with Gasteiger partial charge in [0.15, 0.2) is 0 Å². The first kappa shape index (κ1) is 17.7. The van der Waals surface area contributed by atoms with Crippen LogP contribution >= 0.6 is 0 Å². The quantitative estimate of drug-likeness (QED) is 0.542. The monoisotopic (exact) mass is 345 g/mol. The number of benzene rings is 2. The van der Waals surface area contributed by atoms with Gasteiger partial charge in [-0.2, -0.15) is 0 Å². The van der Waals surface area contributed by atoms with Gasteiger partial charge in [-0.15, -0.1) is 0 Å². The van der Waals surface area contributed by atoms with Crippen LogP contribution < -0.4 is 16.2 Å². The molecular formula is C15H15N5O5. The summed E-state index contributed by atoms with van der Waals surface area (Å²) in [5.74, 6) is 0. The van der Waals surface area contributed by atoms with Crippen LogP contribution in [-0.4, -0.2) is 15.9 Å². The van der Waals surface area contributed by atoms with Crippen molar-refractivity contribution in [2.45, 2.75) is 13.3 Å². The van der Waals surface area contributed by atoms with Crippen molar-refractivity contribution in [3.63, 3.8) is 0 Å². The minimum absolute atomic E-state index is 0.0745. The normalized spacial score (nSPS) is 9.96. The Kier molecular flexibility index (Phi) is 5.46. The lowest BCUT2D eigenvalue weighted by molar-refractivity contribution is -0.393. The number of hydrogen-bond acceptors (Lipinski definition) is 6. The zero-order chi connectivity index (χ0) is 18.4. The fraction of sp³-hybridized carbons (Fsp3) is 0.133. The lowest BCUT2D eigenvalue weighted by Crippen LogP contribution is -2.34. The molecule has 0 radical (unpaired) electrons. The van der Waals surface area contributed by atoms with Crippen molar-refractivity contribution in [1.29, 1.82) is 0 Å². The number of carbonyl (C=O) groups excluding carboxylic acids is 1. The molecule has 10 nitrogen and oxygen atoms in total. The molecule has 0 atom stereocenters. The van der Waals surface area contributed by atoms with Crippen LogP contribution in [0.25, 0.3) is 0 Å². The highest BCUT2D eigenvalue weighted by atomic mass is 16.6. The number of aryl methyl sites for hydroxylation is 1. The highest BCUT2D eigenvalue weighted by Gasteiger charge is 2.19. The number of para-hydroxylation sites is 1. The molecular weight excluding hydrogens is 330 g/mol. The van der Waals surface area contributed by atoms with E-state index >= 15 is 0 Å². The Morgan fingerprint density at radius 3 is 2.40 bits per heavy atom. The van der Waals surface area contributed by atoms with E-state index in [1.165, 1.54) is 0 Å². The fourth-order valence-corrected chi connectivity index (χ4v) is 2.12. The molecule has 0 aromatic heterocycles. The molecule has 10 heteroatoms. The van der Waals surface area contributed by atoms with E-state index in [2.05, 4.69) is 16.2 Å². The van der Waals surface area contributed by atoms with Gasteiger partial charge in [-0.3, -0.25) is 31.1 Å². The Hall–Kier alpha value is -3.69. The second kappa shape index (κ2) is 7.73. The van der Waals surface area contributed by atoms with E-state index in [1.54, 1.807) is 12.1 Å². The molecule has 2 amide bonds. The molecule has 0 heterocycles. The maximum atomic E-state index is 11.9. The molecule has 2 aromatic carbocycles. The van der Waals surface area contributed by atoms with Crippen LogP contribution in [0.5, 0.6) is 0 Å². The Bertz CT molecular complexity index is 824. The minimum atomic E-state index is -0.776. The molecule has 0 bridgehead atoms. The molecule has 2 aromatic rings. The van der Waals surface area contributed by atoms with E-state index in [-0.39, 0.29) is 5.69 Å². The number of nitrogens with one attached hydrogen (secondary N) is 3. The predicted octanol–water partition coefficient (Wildman–Crippen LogP) is 3.21. The van der Waals surface area contributed by atoms with E-state index in [1.807, 2.05) is 19.1 Å². The third-order valence-electron chi connectivity index (χ3n) is 3.35. The number of non-ortho nitro benzene ring substituents is 1. The fourth-order valence-electron chi connectivity index (χ4n) is 2.12. The summed E-state index contributed by atoms with van der Waals surface area (Å²) < 4.78 is 0. The summed E-state index contributed by atoms with van der Waals surface area (Å²) in [6, 6.07) is 9.64. The molecule has 3 N–H and O–H groups in total. The van der Waals surface area contributed by atoms with Crippen LogP contribution in [0.3, 0.4) is 0 Å². The first-order valence-corrected chi connectivity index (χ1v) is 7.26. The third kappa shape index (κ3) is 4.41. The molecule has 130 valence electrons. The topological polar surface area (TPSA) is 139 Å². The average Bonchev–Trinajstić information content (AvgIpc) is 2.60. The largest absolute Gasteiger partial charge is 0.337 e. The summed E-state index contributed by atoms with van der Waals surface area (Å²) in [4.78, 5) is 32.2. The number of nitrogens with zero attached hydrogens (tertiary/aromatic N) is 2. The second-order valence-electron chi connectivity index (χ2n) is 4.93. The first-order valence-electron chi connectivity index (χ1n) is 7.26. The zero-order valence-corrected chi connectivity index (χ0v) is 13.2. The summed E-state index contributed by atoms with van der Waals surface area (Å²) >= 11 is 0. The molecule has 0 saturated heterocycles. The van der Waals surface area contributed by atoms with Crippen LogP contribution in [0.1, 0.15) is 12.5 Å². The lowest BCUT2D eigenvalue weighted by atomic mass is 10.1. The number of hydrazine groups is 1. The van der Waals surface area contributed by atoms with Gasteiger partial charge in [-0.05, 0) is 24.1 Å². The molecule has 0 aliphatic rings. The summed E-state index contributed by atoms with van der Waals surface area (Å²) in [5, 5.41) is 24.3. The number of nitro benzene ring substituents is 2. The van der Waals surface area contributed by atoms with E-state index in [9.17, 15) is 25.0 Å². The minimum Gasteiger partial charge on any atom is -0.306 e. The van der Waals surface area contributed by atoms with Gasteiger partial charge in [0.1, 0.15) is 5.69 Å². The zero-order valence-electron chi connectivity index (χ0n) is 13.2. The van der Waals surface area contributed by atoms with Crippen LogP contribution in [0.2, 0.25) is 0 Å². The lowest BCUT2D eigenvalue weighted by Gasteiger charge is -2.12. The summed E-state index contributed by atoms with van der Waals surface area (Å²) in [7, 11) is 0. The van der Waals surface area contributed by atoms with E-state index in [0.29, 0.717) is 5.69 Å². The highest BCUT2D eigenvalue weighted by molar-refractivity contribution is 5.91. The van der Waals surface area contributed by atoms with E-state index in [4.69, 9.17) is 0 Å². The Balaban J connectivity index is 2.09. The number of anilines is 2. The van der Waals surface area contributed by atoms with Gasteiger partial charge in [-0.1, -0.05) is 25.1 Å². The highest BCUT2D eigenvalue weighted by Crippen LogP contribution is 2.28. The molecule has 0 aliphatic heterocycles. The summed E-state index contributed by atoms with van der Waals surface area (Å²) in [6.07, 6.45) is 0.720. The predicted molar refractivity (Wildman–Crippen MR) is 91.3 cm³/mol. The standard InChI is InChI=1S/C15H15N5O5/c1-2-10-5-3-4-6-12(10)16-15(21)18-17-13-8-7-11(19(22)23)9-14(13)20(24)25/h3-9,17H,2H2,1H3,(H2,16,18,21). The third-order valence-corrected chi connectivity index (χ3v) is 3.35. The van der Waals surface area contributed by atoms with Crippen molar-refractivity contribution < 1.29 is 14.6 Å². The van der Waals surface area contributed by atoms with Crippen LogP contribution in [0, 0.1) is 20.2 Å². The van der Waals surface area contributed by atoms with Gasteiger partial charge in [0.05, 0.1) is 15.9 Å². The van der Waals surface area contributed by atoms with Crippen molar-refractivity contribution in [2.24, 2.45) is 0 Å². The molecule has 0 spiro atoms. The maximum absolute atomic E-state index is 11.9. The Morgan fingerprint density at radius 1 is 1.04 bits per heavy atom. The van der Waals surface area contributed by atoms with Gasteiger partial charge in [-0.25, -0.2) is 4.79 Å². The van der Waals surface area contributed by atoms with Crippen molar-refractivity contribution in [1.82, 2.24) is 5.43 Å². The van der Waals surface area contributed by atoms with Crippen LogP contribution in [-0.2, 0) is 6.42 Å². The van der Waals surface area contributed by atoms with Crippen molar-refractivity contribution in [3.05, 3.63) is 68.3 Å². The molecule has 25 heavy (non-hydrogen) atoms. The number of rotatable bonds is 6. The number of carbonyl (C=O) groups is 1. The first-order chi connectivity index (χ1) is 11.9. The van der Waals surface area contributed by atoms with Gasteiger partial charge in [0.25, 0.3) is 5.69 Å². The van der Waals surface area contributed by atoms with E-state index in [0.717, 1.165) is 30.2 Å². The van der Waals surface area contributed by atoms with Crippen LogP contribution in [0.15, 0.2) is 42.5 Å². The summed E-state index contributed by atoms with van der Waals surface area (Å²) in [6.45, 7) is 1.94. The van der Waals surface area contributed by atoms with Gasteiger partial charge < -0.3 is 5.32 Å². The summed E-state index contributed by atoms with van der Waals surface area (Å²) in [5.41, 5.74) is 5.19. The Morgan fingerprint density at radius 2 is 1.76 bits per heavy atom. The SMILES string of the molecule is CCc1ccccc1NC(=O)NNc1ccc([N+](=O)[O-])cc1[N+](=O)[O-]. The number of amides is 2. The average molecular weight is 345 g/mol. The molecule has 0 fully saturated rings. The van der Waals surface area contributed by atoms with Gasteiger partial charge >= 0.3 is 11.7 Å².